The number of rotatable bonds is 13. The first-order chi connectivity index (χ1) is 9.93. The van der Waals surface area contributed by atoms with Crippen molar-refractivity contribution in [1.82, 2.24) is 5.32 Å². The van der Waals surface area contributed by atoms with Gasteiger partial charge in [0.05, 0.1) is 13.2 Å². The first kappa shape index (κ1) is 17.1. The number of nitrogens with one attached hydrogen (secondary N) is 1. The third kappa shape index (κ3) is 9.92. The molecule has 0 unspecified atom stereocenters. The fourth-order valence-electron chi connectivity index (χ4n) is 1.76. The molecule has 0 spiro atoms. The lowest BCUT2D eigenvalue weighted by atomic mass is 10.2. The van der Waals surface area contributed by atoms with E-state index in [1.165, 1.54) is 5.56 Å². The van der Waals surface area contributed by atoms with Crippen LogP contribution in [0.5, 0.6) is 0 Å². The predicted octanol–water partition coefficient (Wildman–Crippen LogP) is 2.24. The molecule has 0 radical (unpaired) electrons. The molecule has 4 nitrogen and oxygen atoms in total. The summed E-state index contributed by atoms with van der Waals surface area (Å²) in [5, 5.41) is 3.40. The van der Waals surface area contributed by atoms with E-state index < -0.39 is 0 Å². The second-order valence-electron chi connectivity index (χ2n) is 4.59. The van der Waals surface area contributed by atoms with Crippen molar-refractivity contribution in [3.05, 3.63) is 35.9 Å². The van der Waals surface area contributed by atoms with Gasteiger partial charge in [-0.2, -0.15) is 0 Å². The van der Waals surface area contributed by atoms with Gasteiger partial charge in [0.1, 0.15) is 0 Å². The maximum absolute atomic E-state index is 5.50. The summed E-state index contributed by atoms with van der Waals surface area (Å²) in [7, 11) is 1.70. The van der Waals surface area contributed by atoms with Gasteiger partial charge in [0.15, 0.2) is 0 Å². The average molecular weight is 281 g/mol. The fourth-order valence-corrected chi connectivity index (χ4v) is 1.76. The molecule has 114 valence electrons. The summed E-state index contributed by atoms with van der Waals surface area (Å²) >= 11 is 0. The molecule has 4 heteroatoms. The molecular weight excluding hydrogens is 254 g/mol. The van der Waals surface area contributed by atoms with Crippen LogP contribution in [0.2, 0.25) is 0 Å². The van der Waals surface area contributed by atoms with Crippen molar-refractivity contribution in [3.8, 4) is 0 Å². The van der Waals surface area contributed by atoms with Crippen LogP contribution in [0.1, 0.15) is 18.4 Å². The molecule has 1 aromatic carbocycles. The molecule has 0 amide bonds. The second-order valence-corrected chi connectivity index (χ2v) is 4.59. The number of benzene rings is 1. The van der Waals surface area contributed by atoms with Gasteiger partial charge in [-0.05, 0) is 24.9 Å². The van der Waals surface area contributed by atoms with E-state index in [4.69, 9.17) is 14.2 Å². The lowest BCUT2D eigenvalue weighted by molar-refractivity contribution is 0.0392. The van der Waals surface area contributed by atoms with Gasteiger partial charge in [0.2, 0.25) is 0 Å². The molecule has 0 aliphatic heterocycles. The molecule has 0 saturated heterocycles. The van der Waals surface area contributed by atoms with Crippen LogP contribution in [-0.2, 0) is 20.8 Å². The van der Waals surface area contributed by atoms with E-state index in [0.717, 1.165) is 45.8 Å². The van der Waals surface area contributed by atoms with E-state index in [9.17, 15) is 0 Å². The lowest BCUT2D eigenvalue weighted by Crippen LogP contribution is -2.17. The van der Waals surface area contributed by atoms with Crippen molar-refractivity contribution in [2.75, 3.05) is 46.7 Å². The molecule has 0 aliphatic rings. The molecule has 1 N–H and O–H groups in total. The minimum Gasteiger partial charge on any atom is -0.385 e. The summed E-state index contributed by atoms with van der Waals surface area (Å²) in [4.78, 5) is 0. The van der Waals surface area contributed by atoms with Gasteiger partial charge in [0, 0.05) is 33.5 Å². The molecule has 0 aliphatic carbocycles. The van der Waals surface area contributed by atoms with Gasteiger partial charge >= 0.3 is 0 Å². The van der Waals surface area contributed by atoms with E-state index >= 15 is 0 Å². The highest BCUT2D eigenvalue weighted by Crippen LogP contribution is 1.97. The number of methoxy groups -OCH3 is 1. The Hall–Kier alpha value is -0.940. The van der Waals surface area contributed by atoms with Gasteiger partial charge in [0.25, 0.3) is 0 Å². The van der Waals surface area contributed by atoms with Crippen LogP contribution in [-0.4, -0.2) is 46.7 Å². The van der Waals surface area contributed by atoms with Crippen molar-refractivity contribution < 1.29 is 14.2 Å². The third-order valence-corrected chi connectivity index (χ3v) is 2.82. The molecule has 1 rings (SSSR count). The van der Waals surface area contributed by atoms with E-state index in [0.29, 0.717) is 13.2 Å². The van der Waals surface area contributed by atoms with Gasteiger partial charge in [-0.3, -0.25) is 0 Å². The van der Waals surface area contributed by atoms with Crippen LogP contribution in [0, 0.1) is 0 Å². The van der Waals surface area contributed by atoms with Crippen LogP contribution >= 0.6 is 0 Å². The Morgan fingerprint density at radius 2 is 1.55 bits per heavy atom. The van der Waals surface area contributed by atoms with Gasteiger partial charge in [-0.1, -0.05) is 30.3 Å². The first-order valence-electron chi connectivity index (χ1n) is 7.32. The molecule has 20 heavy (non-hydrogen) atoms. The topological polar surface area (TPSA) is 39.7 Å². The Labute approximate surface area is 122 Å². The monoisotopic (exact) mass is 281 g/mol. The number of hydrogen-bond donors (Lipinski definition) is 1. The summed E-state index contributed by atoms with van der Waals surface area (Å²) < 4.78 is 15.8. The van der Waals surface area contributed by atoms with Crippen LogP contribution < -0.4 is 5.32 Å². The Morgan fingerprint density at radius 3 is 2.25 bits per heavy atom. The molecule has 0 bridgehead atoms. The van der Waals surface area contributed by atoms with Crippen LogP contribution in [0.25, 0.3) is 0 Å². The zero-order chi connectivity index (χ0) is 14.3. The third-order valence-electron chi connectivity index (χ3n) is 2.82. The summed E-state index contributed by atoms with van der Waals surface area (Å²) in [6, 6.07) is 10.4. The molecule has 1 aromatic rings. The number of hydrogen-bond acceptors (Lipinski definition) is 4. The summed E-state index contributed by atoms with van der Waals surface area (Å²) in [6.07, 6.45) is 1.97. The smallest absolute Gasteiger partial charge is 0.0700 e. The van der Waals surface area contributed by atoms with Crippen LogP contribution in [0.15, 0.2) is 30.3 Å². The second kappa shape index (κ2) is 13.1. The number of ether oxygens (including phenoxy) is 3. The van der Waals surface area contributed by atoms with E-state index in [2.05, 4.69) is 29.6 Å². The molecule has 0 saturated carbocycles. The highest BCUT2D eigenvalue weighted by molar-refractivity contribution is 5.14. The summed E-state index contributed by atoms with van der Waals surface area (Å²) in [5.41, 5.74) is 1.32. The highest BCUT2D eigenvalue weighted by atomic mass is 16.5. The predicted molar refractivity (Wildman–Crippen MR) is 80.9 cm³/mol. The van der Waals surface area contributed by atoms with Crippen LogP contribution in [0.4, 0.5) is 0 Å². The Kier molecular flexibility index (Phi) is 11.2. The SMILES string of the molecule is COCCCOCCOCCCNCc1ccccc1. The minimum absolute atomic E-state index is 0.668. The van der Waals surface area contributed by atoms with E-state index in [-0.39, 0.29) is 0 Å². The van der Waals surface area contributed by atoms with Crippen molar-refractivity contribution in [1.29, 1.82) is 0 Å². The Balaban J connectivity index is 1.77. The van der Waals surface area contributed by atoms with E-state index in [1.807, 2.05) is 6.07 Å². The zero-order valence-electron chi connectivity index (χ0n) is 12.5. The Bertz CT molecular complexity index is 306. The standard InChI is InChI=1S/C16H27NO3/c1-18-10-6-12-20-14-13-19-11-5-9-17-15-16-7-3-2-4-8-16/h2-4,7-8,17H,5-6,9-15H2,1H3. The lowest BCUT2D eigenvalue weighted by Gasteiger charge is -2.07. The Morgan fingerprint density at radius 1 is 0.850 bits per heavy atom. The molecule has 0 fully saturated rings. The maximum Gasteiger partial charge on any atom is 0.0700 e. The largest absolute Gasteiger partial charge is 0.385 e. The summed E-state index contributed by atoms with van der Waals surface area (Å²) in [5.74, 6) is 0. The average Bonchev–Trinajstić information content (AvgIpc) is 2.49. The first-order valence-corrected chi connectivity index (χ1v) is 7.32. The van der Waals surface area contributed by atoms with Crippen molar-refractivity contribution in [2.45, 2.75) is 19.4 Å². The molecule has 0 aromatic heterocycles. The fraction of sp³-hybridized carbons (Fsp3) is 0.625. The normalized spacial score (nSPS) is 10.8. The summed E-state index contributed by atoms with van der Waals surface area (Å²) in [6.45, 7) is 5.52. The van der Waals surface area contributed by atoms with Crippen molar-refractivity contribution in [3.63, 3.8) is 0 Å². The van der Waals surface area contributed by atoms with Crippen molar-refractivity contribution in [2.24, 2.45) is 0 Å². The quantitative estimate of drug-likeness (QED) is 0.563. The molecule has 0 atom stereocenters. The molecular formula is C16H27NO3. The zero-order valence-corrected chi connectivity index (χ0v) is 12.5. The maximum atomic E-state index is 5.50. The highest BCUT2D eigenvalue weighted by Gasteiger charge is 1.93. The molecule has 0 heterocycles. The van der Waals surface area contributed by atoms with Crippen molar-refractivity contribution >= 4 is 0 Å². The minimum atomic E-state index is 0.668. The van der Waals surface area contributed by atoms with E-state index in [1.54, 1.807) is 7.11 Å². The van der Waals surface area contributed by atoms with Gasteiger partial charge in [-0.25, -0.2) is 0 Å². The van der Waals surface area contributed by atoms with Gasteiger partial charge < -0.3 is 19.5 Å². The van der Waals surface area contributed by atoms with Crippen LogP contribution in [0.3, 0.4) is 0 Å². The van der Waals surface area contributed by atoms with Gasteiger partial charge in [-0.15, -0.1) is 0 Å².